The zero-order valence-corrected chi connectivity index (χ0v) is 20.0. The number of hydrogen-bond donors (Lipinski definition) is 3. The molecule has 4 aromatic rings. The number of carboxylic acid groups (broad SMARTS) is 1. The highest BCUT2D eigenvalue weighted by molar-refractivity contribution is 6.03. The van der Waals surface area contributed by atoms with E-state index < -0.39 is 57.5 Å². The number of fused-ring (bicyclic) bond motifs is 1. The molecule has 1 fully saturated rings. The molecule has 0 aliphatic carbocycles. The molecule has 11 nitrogen and oxygen atoms in total. The maximum Gasteiger partial charge on any atom is 0.341 e. The van der Waals surface area contributed by atoms with Gasteiger partial charge in [0.25, 0.3) is 0 Å². The molecular weight excluding hydrogens is 519 g/mol. The van der Waals surface area contributed by atoms with E-state index in [2.05, 4.69) is 15.1 Å². The largest absolute Gasteiger partial charge is 0.477 e. The van der Waals surface area contributed by atoms with Gasteiger partial charge < -0.3 is 26.3 Å². The fraction of sp³-hybridized carbons (Fsp3) is 0.160. The second kappa shape index (κ2) is 10.1. The summed E-state index contributed by atoms with van der Waals surface area (Å²) in [5.74, 6) is -6.55. The first kappa shape index (κ1) is 25.7. The van der Waals surface area contributed by atoms with Crippen LogP contribution in [0.1, 0.15) is 15.9 Å². The van der Waals surface area contributed by atoms with Crippen LogP contribution in [-0.4, -0.2) is 50.5 Å². The summed E-state index contributed by atoms with van der Waals surface area (Å²) in [5, 5.41) is 13.1. The number of halogens is 3. The highest BCUT2D eigenvalue weighted by Gasteiger charge is 2.38. The summed E-state index contributed by atoms with van der Waals surface area (Å²) in [4.78, 5) is 39.2. The molecule has 1 aromatic carbocycles. The number of oxime groups is 1. The number of aromatic carboxylic acids is 1. The van der Waals surface area contributed by atoms with Gasteiger partial charge in [0, 0.05) is 18.8 Å². The molecule has 1 aliphatic rings. The first-order valence-corrected chi connectivity index (χ1v) is 11.5. The summed E-state index contributed by atoms with van der Waals surface area (Å²) >= 11 is 0. The molecule has 1 aliphatic heterocycles. The Bertz CT molecular complexity index is 1700. The van der Waals surface area contributed by atoms with Crippen LogP contribution in [0.2, 0.25) is 0 Å². The molecule has 5 rings (SSSR count). The van der Waals surface area contributed by atoms with Crippen molar-refractivity contribution in [1.29, 1.82) is 0 Å². The Kier molecular flexibility index (Phi) is 6.62. The Hall–Kier alpha value is -4.98. The molecule has 1 saturated heterocycles. The maximum atomic E-state index is 15.3. The number of anilines is 2. The molecule has 0 spiro atoms. The smallest absolute Gasteiger partial charge is 0.341 e. The predicted molar refractivity (Wildman–Crippen MR) is 135 cm³/mol. The van der Waals surface area contributed by atoms with Crippen LogP contribution in [0.3, 0.4) is 0 Å². The minimum absolute atomic E-state index is 0.0160. The Morgan fingerprint density at radius 3 is 2.51 bits per heavy atom. The number of benzene rings is 1. The van der Waals surface area contributed by atoms with Crippen molar-refractivity contribution in [2.45, 2.75) is 12.6 Å². The van der Waals surface area contributed by atoms with Crippen molar-refractivity contribution >= 4 is 34.4 Å². The fourth-order valence-corrected chi connectivity index (χ4v) is 4.17. The number of rotatable bonds is 7. The third-order valence-electron chi connectivity index (χ3n) is 6.15. The standard InChI is InChI=1S/C25H20F3N7O4/c26-15-7-17(28)23(31-21(15)30)35-9-14(25(37)38)20(36)13-6-16(27)24(32-22(13)35)34-10-18(19(34)8-29)33-39-11-12-4-2-1-3-5-12/h1-7,9,19H,8,10-11,29H2,(H2,30,31)(H,37,38)/b33-18+/t19-/m1/s1. The molecule has 0 amide bonds. The number of nitrogens with zero attached hydrogens (tertiary/aromatic N) is 5. The van der Waals surface area contributed by atoms with Gasteiger partial charge in [0.1, 0.15) is 17.9 Å². The van der Waals surface area contributed by atoms with E-state index in [4.69, 9.17) is 16.3 Å². The van der Waals surface area contributed by atoms with Crippen LogP contribution >= 0.6 is 0 Å². The van der Waals surface area contributed by atoms with E-state index in [1.807, 2.05) is 30.3 Å². The van der Waals surface area contributed by atoms with E-state index in [0.29, 0.717) is 11.8 Å². The van der Waals surface area contributed by atoms with Gasteiger partial charge in [-0.25, -0.2) is 27.9 Å². The number of pyridine rings is 3. The van der Waals surface area contributed by atoms with Gasteiger partial charge in [0.2, 0.25) is 5.43 Å². The van der Waals surface area contributed by atoms with Crippen LogP contribution < -0.4 is 21.8 Å². The number of hydrogen-bond acceptors (Lipinski definition) is 9. The Morgan fingerprint density at radius 2 is 1.82 bits per heavy atom. The number of aromatic nitrogens is 3. The number of carbonyl (C=O) groups is 1. The quantitative estimate of drug-likeness (QED) is 0.299. The average molecular weight is 539 g/mol. The first-order chi connectivity index (χ1) is 18.7. The number of carboxylic acids is 1. The summed E-state index contributed by atoms with van der Waals surface area (Å²) in [6, 6.07) is 9.95. The lowest BCUT2D eigenvalue weighted by atomic mass is 10.0. The molecule has 1 atom stereocenters. The molecule has 39 heavy (non-hydrogen) atoms. The zero-order valence-electron chi connectivity index (χ0n) is 20.0. The lowest BCUT2D eigenvalue weighted by Gasteiger charge is -2.42. The fourth-order valence-electron chi connectivity index (χ4n) is 4.17. The van der Waals surface area contributed by atoms with Gasteiger partial charge in [0.05, 0.1) is 18.0 Å². The van der Waals surface area contributed by atoms with E-state index >= 15 is 4.39 Å². The predicted octanol–water partition coefficient (Wildman–Crippen LogP) is 2.20. The van der Waals surface area contributed by atoms with E-state index in [0.717, 1.165) is 22.4 Å². The second-order valence-electron chi connectivity index (χ2n) is 8.59. The highest BCUT2D eigenvalue weighted by Crippen LogP contribution is 2.29. The van der Waals surface area contributed by atoms with E-state index in [9.17, 15) is 23.5 Å². The van der Waals surface area contributed by atoms with Crippen molar-refractivity contribution < 1.29 is 27.9 Å². The van der Waals surface area contributed by atoms with Crippen molar-refractivity contribution in [1.82, 2.24) is 14.5 Å². The monoisotopic (exact) mass is 539 g/mol. The molecule has 200 valence electrons. The Labute approximate surface area is 217 Å². The highest BCUT2D eigenvalue weighted by atomic mass is 19.1. The summed E-state index contributed by atoms with van der Waals surface area (Å²) in [5.41, 5.74) is 10.6. The molecule has 14 heteroatoms. The topological polar surface area (TPSA) is 162 Å². The van der Waals surface area contributed by atoms with Crippen molar-refractivity contribution in [2.75, 3.05) is 23.7 Å². The minimum Gasteiger partial charge on any atom is -0.477 e. The van der Waals surface area contributed by atoms with E-state index in [1.54, 1.807) is 0 Å². The van der Waals surface area contributed by atoms with Crippen molar-refractivity contribution in [3.8, 4) is 5.82 Å². The number of nitrogen functional groups attached to an aromatic ring is 1. The van der Waals surface area contributed by atoms with Gasteiger partial charge in [-0.05, 0) is 11.6 Å². The van der Waals surface area contributed by atoms with Crippen LogP contribution in [0.15, 0.2) is 58.6 Å². The summed E-state index contributed by atoms with van der Waals surface area (Å²) in [7, 11) is 0. The Balaban J connectivity index is 1.57. The van der Waals surface area contributed by atoms with E-state index in [-0.39, 0.29) is 31.2 Å². The lowest BCUT2D eigenvalue weighted by molar-refractivity contribution is 0.0695. The van der Waals surface area contributed by atoms with Gasteiger partial charge in [-0.1, -0.05) is 35.5 Å². The third-order valence-corrected chi connectivity index (χ3v) is 6.15. The van der Waals surface area contributed by atoms with Gasteiger partial charge in [-0.15, -0.1) is 0 Å². The van der Waals surface area contributed by atoms with Crippen LogP contribution in [0.25, 0.3) is 16.9 Å². The van der Waals surface area contributed by atoms with E-state index in [1.165, 1.54) is 4.90 Å². The molecule has 0 saturated carbocycles. The molecule has 4 heterocycles. The van der Waals surface area contributed by atoms with Gasteiger partial charge >= 0.3 is 5.97 Å². The second-order valence-corrected chi connectivity index (χ2v) is 8.59. The first-order valence-electron chi connectivity index (χ1n) is 11.5. The molecule has 0 radical (unpaired) electrons. The van der Waals surface area contributed by atoms with Crippen LogP contribution in [-0.2, 0) is 11.4 Å². The van der Waals surface area contributed by atoms with Gasteiger partial charge in [-0.2, -0.15) is 0 Å². The van der Waals surface area contributed by atoms with Crippen LogP contribution in [0.5, 0.6) is 0 Å². The third kappa shape index (κ3) is 4.61. The van der Waals surface area contributed by atoms with Crippen LogP contribution in [0, 0.1) is 17.5 Å². The zero-order chi connectivity index (χ0) is 27.8. The number of nitrogens with two attached hydrogens (primary N) is 2. The summed E-state index contributed by atoms with van der Waals surface area (Å²) < 4.78 is 44.6. The molecule has 0 bridgehead atoms. The van der Waals surface area contributed by atoms with Gasteiger partial charge in [-0.3, -0.25) is 9.36 Å². The molecular formula is C25H20F3N7O4. The average Bonchev–Trinajstić information content (AvgIpc) is 2.89. The van der Waals surface area contributed by atoms with Crippen molar-refractivity contribution in [2.24, 2.45) is 10.9 Å². The van der Waals surface area contributed by atoms with Gasteiger partial charge in [0.15, 0.2) is 40.6 Å². The molecule has 5 N–H and O–H groups in total. The summed E-state index contributed by atoms with van der Waals surface area (Å²) in [6.45, 7) is 0.309. The van der Waals surface area contributed by atoms with Crippen molar-refractivity contribution in [3.05, 3.63) is 87.5 Å². The molecule has 3 aromatic heterocycles. The lowest BCUT2D eigenvalue weighted by Crippen LogP contribution is -2.61. The van der Waals surface area contributed by atoms with Crippen LogP contribution in [0.4, 0.5) is 24.8 Å². The Morgan fingerprint density at radius 1 is 1.10 bits per heavy atom. The molecule has 0 unspecified atom stereocenters. The SMILES string of the molecule is NC[C@@H]1/C(=N/OCc2ccccc2)CN1c1nc2c(cc1F)c(=O)c(C(=O)O)cn2-c1nc(N)c(F)cc1F. The maximum absolute atomic E-state index is 15.3. The normalized spacial score (nSPS) is 15.9. The minimum atomic E-state index is -1.65. The summed E-state index contributed by atoms with van der Waals surface area (Å²) in [6.07, 6.45) is 0.769. The van der Waals surface area contributed by atoms with Crippen molar-refractivity contribution in [3.63, 3.8) is 0 Å².